The molecule has 1 aromatic carbocycles. The second-order valence-corrected chi connectivity index (χ2v) is 4.87. The quantitative estimate of drug-likeness (QED) is 0.876. The van der Waals surface area contributed by atoms with E-state index in [1.165, 1.54) is 7.11 Å². The van der Waals surface area contributed by atoms with E-state index >= 15 is 0 Å². The van der Waals surface area contributed by atoms with E-state index in [0.717, 1.165) is 5.56 Å². The molecule has 2 atom stereocenters. The van der Waals surface area contributed by atoms with Gasteiger partial charge in [-0.1, -0.05) is 30.3 Å². The van der Waals surface area contributed by atoms with Crippen LogP contribution >= 0.6 is 0 Å². The minimum atomic E-state index is -0.637. The van der Waals surface area contributed by atoms with Crippen LogP contribution in [0, 0.1) is 0 Å². The Hall–Kier alpha value is -1.88. The SMILES string of the molecule is CCN1C[C@H](NC(=O)[C@@H](OC)c2ccccc2)CC1=O. The van der Waals surface area contributed by atoms with Gasteiger partial charge in [-0.2, -0.15) is 0 Å². The van der Waals surface area contributed by atoms with Gasteiger partial charge in [0.1, 0.15) is 0 Å². The summed E-state index contributed by atoms with van der Waals surface area (Å²) >= 11 is 0. The molecule has 20 heavy (non-hydrogen) atoms. The lowest BCUT2D eigenvalue weighted by molar-refractivity contribution is -0.132. The number of hydrogen-bond acceptors (Lipinski definition) is 3. The van der Waals surface area contributed by atoms with Crippen LogP contribution in [0.3, 0.4) is 0 Å². The minimum Gasteiger partial charge on any atom is -0.367 e. The normalized spacial score (nSPS) is 20.0. The lowest BCUT2D eigenvalue weighted by Crippen LogP contribution is -2.40. The van der Waals surface area contributed by atoms with Crippen molar-refractivity contribution in [2.24, 2.45) is 0 Å². The highest BCUT2D eigenvalue weighted by molar-refractivity contribution is 5.85. The van der Waals surface area contributed by atoms with Gasteiger partial charge in [0.25, 0.3) is 5.91 Å². The fourth-order valence-corrected chi connectivity index (χ4v) is 2.47. The number of likely N-dealkylation sites (N-methyl/N-ethyl adjacent to an activating group) is 1. The van der Waals surface area contributed by atoms with Crippen molar-refractivity contribution in [1.29, 1.82) is 0 Å². The number of hydrogen-bond donors (Lipinski definition) is 1. The van der Waals surface area contributed by atoms with Crippen LogP contribution in [0.25, 0.3) is 0 Å². The molecule has 1 heterocycles. The Bertz CT molecular complexity index is 475. The van der Waals surface area contributed by atoms with Gasteiger partial charge < -0.3 is 15.0 Å². The zero-order valence-electron chi connectivity index (χ0n) is 11.8. The summed E-state index contributed by atoms with van der Waals surface area (Å²) in [6, 6.07) is 9.20. The van der Waals surface area contributed by atoms with Crippen molar-refractivity contribution in [3.8, 4) is 0 Å². The van der Waals surface area contributed by atoms with E-state index in [4.69, 9.17) is 4.74 Å². The molecule has 0 radical (unpaired) electrons. The summed E-state index contributed by atoms with van der Waals surface area (Å²) in [5.74, 6) is -0.110. The van der Waals surface area contributed by atoms with Crippen LogP contribution in [0.4, 0.5) is 0 Å². The first-order chi connectivity index (χ1) is 9.65. The Morgan fingerprint density at radius 2 is 2.15 bits per heavy atom. The Kier molecular flexibility index (Phi) is 4.74. The number of amides is 2. The molecule has 1 fully saturated rings. The number of ether oxygens (including phenoxy) is 1. The predicted molar refractivity (Wildman–Crippen MR) is 75.0 cm³/mol. The summed E-state index contributed by atoms with van der Waals surface area (Å²) in [7, 11) is 1.51. The van der Waals surface area contributed by atoms with Crippen LogP contribution in [0.5, 0.6) is 0 Å². The summed E-state index contributed by atoms with van der Waals surface area (Å²) in [6.45, 7) is 3.19. The maximum atomic E-state index is 12.3. The van der Waals surface area contributed by atoms with Crippen LogP contribution in [-0.2, 0) is 14.3 Å². The third kappa shape index (κ3) is 3.17. The molecule has 0 aromatic heterocycles. The number of carbonyl (C=O) groups is 2. The van der Waals surface area contributed by atoms with Crippen molar-refractivity contribution in [1.82, 2.24) is 10.2 Å². The maximum absolute atomic E-state index is 12.3. The summed E-state index contributed by atoms with van der Waals surface area (Å²) in [6.07, 6.45) is -0.271. The van der Waals surface area contributed by atoms with E-state index in [0.29, 0.717) is 19.5 Å². The summed E-state index contributed by atoms with van der Waals surface area (Å²) in [5, 5.41) is 2.90. The van der Waals surface area contributed by atoms with Gasteiger partial charge >= 0.3 is 0 Å². The topological polar surface area (TPSA) is 58.6 Å². The molecular weight excluding hydrogens is 256 g/mol. The molecule has 1 aliphatic rings. The second kappa shape index (κ2) is 6.52. The van der Waals surface area contributed by atoms with Crippen molar-refractivity contribution in [2.75, 3.05) is 20.2 Å². The third-order valence-electron chi connectivity index (χ3n) is 3.52. The zero-order chi connectivity index (χ0) is 14.5. The average Bonchev–Trinajstić information content (AvgIpc) is 2.80. The molecule has 1 aliphatic heterocycles. The Morgan fingerprint density at radius 3 is 2.70 bits per heavy atom. The molecule has 0 aliphatic carbocycles. The van der Waals surface area contributed by atoms with Crippen molar-refractivity contribution >= 4 is 11.8 Å². The lowest BCUT2D eigenvalue weighted by Gasteiger charge is -2.19. The van der Waals surface area contributed by atoms with Crippen molar-refractivity contribution in [2.45, 2.75) is 25.5 Å². The minimum absolute atomic E-state index is 0.0893. The van der Waals surface area contributed by atoms with E-state index in [9.17, 15) is 9.59 Å². The second-order valence-electron chi connectivity index (χ2n) is 4.87. The predicted octanol–water partition coefficient (Wildman–Crippen LogP) is 1.11. The van der Waals surface area contributed by atoms with Crippen LogP contribution < -0.4 is 5.32 Å². The molecule has 1 saturated heterocycles. The Balaban J connectivity index is 1.99. The monoisotopic (exact) mass is 276 g/mol. The molecule has 2 amide bonds. The number of likely N-dealkylation sites (tertiary alicyclic amines) is 1. The van der Waals surface area contributed by atoms with Gasteiger partial charge in [0.15, 0.2) is 6.10 Å². The first-order valence-corrected chi connectivity index (χ1v) is 6.81. The highest BCUT2D eigenvalue weighted by atomic mass is 16.5. The fourth-order valence-electron chi connectivity index (χ4n) is 2.47. The number of rotatable bonds is 5. The standard InChI is InChI=1S/C15H20N2O3/c1-3-17-10-12(9-13(17)18)16-15(19)14(20-2)11-7-5-4-6-8-11/h4-8,12,14H,3,9-10H2,1-2H3,(H,16,19)/t12-,14+/m1/s1. The van der Waals surface area contributed by atoms with E-state index in [-0.39, 0.29) is 17.9 Å². The fraction of sp³-hybridized carbons (Fsp3) is 0.467. The van der Waals surface area contributed by atoms with Crippen molar-refractivity contribution < 1.29 is 14.3 Å². The van der Waals surface area contributed by atoms with Crippen molar-refractivity contribution in [3.63, 3.8) is 0 Å². The van der Waals surface area contributed by atoms with Crippen molar-refractivity contribution in [3.05, 3.63) is 35.9 Å². The molecule has 1 N–H and O–H groups in total. The molecule has 0 spiro atoms. The van der Waals surface area contributed by atoms with E-state index in [1.807, 2.05) is 37.3 Å². The molecule has 0 unspecified atom stereocenters. The summed E-state index contributed by atoms with van der Waals surface area (Å²) in [5.41, 5.74) is 0.809. The summed E-state index contributed by atoms with van der Waals surface area (Å²) in [4.78, 5) is 25.7. The van der Waals surface area contributed by atoms with Gasteiger partial charge in [-0.25, -0.2) is 0 Å². The van der Waals surface area contributed by atoms with Gasteiger partial charge in [-0.3, -0.25) is 9.59 Å². The molecule has 5 heteroatoms. The molecule has 1 aromatic rings. The van der Waals surface area contributed by atoms with E-state index in [2.05, 4.69) is 5.32 Å². The summed E-state index contributed by atoms with van der Waals surface area (Å²) < 4.78 is 5.28. The number of benzene rings is 1. The van der Waals surface area contributed by atoms with E-state index in [1.54, 1.807) is 4.90 Å². The third-order valence-corrected chi connectivity index (χ3v) is 3.52. The smallest absolute Gasteiger partial charge is 0.254 e. The van der Waals surface area contributed by atoms with Gasteiger partial charge in [-0.05, 0) is 12.5 Å². The molecule has 108 valence electrons. The lowest BCUT2D eigenvalue weighted by atomic mass is 10.1. The zero-order valence-corrected chi connectivity index (χ0v) is 11.8. The molecule has 0 bridgehead atoms. The Morgan fingerprint density at radius 1 is 1.45 bits per heavy atom. The molecule has 2 rings (SSSR count). The van der Waals surface area contributed by atoms with Crippen LogP contribution in [0.1, 0.15) is 25.0 Å². The molecule has 5 nitrogen and oxygen atoms in total. The number of nitrogens with zero attached hydrogens (tertiary/aromatic N) is 1. The number of methoxy groups -OCH3 is 1. The number of nitrogens with one attached hydrogen (secondary N) is 1. The van der Waals surface area contributed by atoms with Gasteiger partial charge in [0, 0.05) is 26.6 Å². The number of carbonyl (C=O) groups excluding carboxylic acids is 2. The van der Waals surface area contributed by atoms with Crippen LogP contribution in [0.2, 0.25) is 0 Å². The Labute approximate surface area is 118 Å². The van der Waals surface area contributed by atoms with Gasteiger partial charge in [0.05, 0.1) is 6.04 Å². The largest absolute Gasteiger partial charge is 0.367 e. The highest BCUT2D eigenvalue weighted by Gasteiger charge is 2.31. The first-order valence-electron chi connectivity index (χ1n) is 6.81. The molecular formula is C15H20N2O3. The first kappa shape index (κ1) is 14.5. The highest BCUT2D eigenvalue weighted by Crippen LogP contribution is 2.18. The van der Waals surface area contributed by atoms with Gasteiger partial charge in [-0.15, -0.1) is 0 Å². The maximum Gasteiger partial charge on any atom is 0.254 e. The van der Waals surface area contributed by atoms with Crippen LogP contribution in [-0.4, -0.2) is 43.0 Å². The molecule has 0 saturated carbocycles. The van der Waals surface area contributed by atoms with E-state index < -0.39 is 6.10 Å². The van der Waals surface area contributed by atoms with Crippen LogP contribution in [0.15, 0.2) is 30.3 Å². The average molecular weight is 276 g/mol. The van der Waals surface area contributed by atoms with Gasteiger partial charge in [0.2, 0.25) is 5.91 Å².